The summed E-state index contributed by atoms with van der Waals surface area (Å²) in [6, 6.07) is 6.43. The molecule has 0 bridgehead atoms. The topological polar surface area (TPSA) is 92.8 Å². The van der Waals surface area contributed by atoms with Crippen molar-refractivity contribution in [1.82, 2.24) is 10.2 Å². The van der Waals surface area contributed by atoms with E-state index in [-0.39, 0.29) is 23.1 Å². The molecule has 0 unspecified atom stereocenters. The number of nitrogens with zero attached hydrogens (tertiary/aromatic N) is 1. The summed E-state index contributed by atoms with van der Waals surface area (Å²) in [4.78, 5) is 48.6. The van der Waals surface area contributed by atoms with Gasteiger partial charge in [0.25, 0.3) is 17.7 Å². The number of benzene rings is 1. The summed E-state index contributed by atoms with van der Waals surface area (Å²) in [5, 5.41) is 2.76. The SMILES string of the molecule is C[C@H](NC(=O)COC(=O)CN1C(=O)c2ccccc2C1=O)C1CC1. The van der Waals surface area contributed by atoms with Gasteiger partial charge in [0.1, 0.15) is 6.54 Å². The highest BCUT2D eigenvalue weighted by Gasteiger charge is 2.36. The van der Waals surface area contributed by atoms with Crippen LogP contribution in [0.1, 0.15) is 40.5 Å². The molecule has 0 aromatic heterocycles. The highest BCUT2D eigenvalue weighted by atomic mass is 16.5. The maximum absolute atomic E-state index is 12.1. The molecule has 0 radical (unpaired) electrons. The molecule has 1 atom stereocenters. The Hall–Kier alpha value is -2.70. The van der Waals surface area contributed by atoms with E-state index in [0.29, 0.717) is 5.92 Å². The number of amides is 3. The number of hydrogen-bond acceptors (Lipinski definition) is 5. The third kappa shape index (κ3) is 3.29. The second-order valence-electron chi connectivity index (χ2n) is 6.10. The van der Waals surface area contributed by atoms with Gasteiger partial charge in [0, 0.05) is 6.04 Å². The molecule has 3 rings (SSSR count). The average Bonchev–Trinajstić information content (AvgIpc) is 3.38. The Morgan fingerprint density at radius 3 is 2.33 bits per heavy atom. The Morgan fingerprint density at radius 1 is 1.21 bits per heavy atom. The van der Waals surface area contributed by atoms with E-state index in [9.17, 15) is 19.2 Å². The number of hydrogen-bond donors (Lipinski definition) is 1. The average molecular weight is 330 g/mol. The molecule has 2 aliphatic rings. The lowest BCUT2D eigenvalue weighted by Crippen LogP contribution is -2.39. The van der Waals surface area contributed by atoms with Gasteiger partial charge in [-0.3, -0.25) is 24.1 Å². The second kappa shape index (κ2) is 6.43. The van der Waals surface area contributed by atoms with Crippen LogP contribution in [0, 0.1) is 5.92 Å². The summed E-state index contributed by atoms with van der Waals surface area (Å²) in [5.74, 6) is -1.73. The number of fused-ring (bicyclic) bond motifs is 1. The lowest BCUT2D eigenvalue weighted by Gasteiger charge is -2.14. The minimum atomic E-state index is -0.793. The fourth-order valence-corrected chi connectivity index (χ4v) is 2.71. The molecule has 3 amide bonds. The van der Waals surface area contributed by atoms with Crippen molar-refractivity contribution in [3.05, 3.63) is 35.4 Å². The van der Waals surface area contributed by atoms with Crippen LogP contribution in [0.15, 0.2) is 24.3 Å². The van der Waals surface area contributed by atoms with Gasteiger partial charge in [-0.05, 0) is 37.8 Å². The predicted molar refractivity (Wildman–Crippen MR) is 83.1 cm³/mol. The summed E-state index contributed by atoms with van der Waals surface area (Å²) in [6.07, 6.45) is 2.20. The quantitative estimate of drug-likeness (QED) is 0.613. The van der Waals surface area contributed by atoms with Crippen LogP contribution < -0.4 is 5.32 Å². The number of carbonyl (C=O) groups is 4. The zero-order chi connectivity index (χ0) is 17.3. The monoisotopic (exact) mass is 330 g/mol. The second-order valence-corrected chi connectivity index (χ2v) is 6.10. The molecular weight excluding hydrogens is 312 g/mol. The Labute approximate surface area is 139 Å². The van der Waals surface area contributed by atoms with Gasteiger partial charge in [0.05, 0.1) is 11.1 Å². The van der Waals surface area contributed by atoms with Gasteiger partial charge in [-0.15, -0.1) is 0 Å². The summed E-state index contributed by atoms with van der Waals surface area (Å²) in [5.41, 5.74) is 0.539. The van der Waals surface area contributed by atoms with Crippen molar-refractivity contribution < 1.29 is 23.9 Å². The molecule has 0 saturated heterocycles. The molecule has 1 aromatic carbocycles. The normalized spacial score (nSPS) is 17.5. The van der Waals surface area contributed by atoms with E-state index in [1.165, 1.54) is 12.1 Å². The van der Waals surface area contributed by atoms with Crippen LogP contribution in [0.5, 0.6) is 0 Å². The van der Waals surface area contributed by atoms with Crippen molar-refractivity contribution in [2.24, 2.45) is 5.92 Å². The van der Waals surface area contributed by atoms with Crippen molar-refractivity contribution in [1.29, 1.82) is 0 Å². The molecule has 1 aromatic rings. The van der Waals surface area contributed by atoms with Gasteiger partial charge in [0.15, 0.2) is 6.61 Å². The highest BCUT2D eigenvalue weighted by Crippen LogP contribution is 2.32. The first-order valence-corrected chi connectivity index (χ1v) is 7.87. The Balaban J connectivity index is 1.49. The standard InChI is InChI=1S/C17H18N2O5/c1-10(11-6-7-11)18-14(20)9-24-15(21)8-19-16(22)12-4-2-3-5-13(12)17(19)23/h2-5,10-11H,6-9H2,1H3,(H,18,20)/t10-/m0/s1. The lowest BCUT2D eigenvalue weighted by molar-refractivity contribution is -0.148. The fraction of sp³-hybridized carbons (Fsp3) is 0.412. The molecule has 1 fully saturated rings. The largest absolute Gasteiger partial charge is 0.454 e. The maximum atomic E-state index is 12.1. The van der Waals surface area contributed by atoms with Crippen molar-refractivity contribution in [3.8, 4) is 0 Å². The predicted octanol–water partition coefficient (Wildman–Crippen LogP) is 0.741. The van der Waals surface area contributed by atoms with Gasteiger partial charge < -0.3 is 10.1 Å². The molecule has 7 heteroatoms. The van der Waals surface area contributed by atoms with Crippen LogP contribution in [-0.2, 0) is 14.3 Å². The third-order valence-electron chi connectivity index (χ3n) is 4.25. The molecule has 126 valence electrons. The van der Waals surface area contributed by atoms with E-state index in [1.807, 2.05) is 6.92 Å². The zero-order valence-electron chi connectivity index (χ0n) is 13.3. The van der Waals surface area contributed by atoms with Crippen LogP contribution in [-0.4, -0.2) is 47.8 Å². The van der Waals surface area contributed by atoms with E-state index < -0.39 is 30.9 Å². The molecule has 1 heterocycles. The smallest absolute Gasteiger partial charge is 0.326 e. The zero-order valence-corrected chi connectivity index (χ0v) is 13.3. The molecule has 1 saturated carbocycles. The van der Waals surface area contributed by atoms with Crippen molar-refractivity contribution in [2.45, 2.75) is 25.8 Å². The van der Waals surface area contributed by atoms with Gasteiger partial charge in [-0.25, -0.2) is 0 Å². The minimum Gasteiger partial charge on any atom is -0.454 e. The number of ether oxygens (including phenoxy) is 1. The van der Waals surface area contributed by atoms with Crippen molar-refractivity contribution >= 4 is 23.7 Å². The Kier molecular flexibility index (Phi) is 4.33. The first kappa shape index (κ1) is 16.2. The molecule has 0 spiro atoms. The minimum absolute atomic E-state index is 0.0624. The van der Waals surface area contributed by atoms with E-state index in [0.717, 1.165) is 17.7 Å². The molecule has 1 aliphatic carbocycles. The lowest BCUT2D eigenvalue weighted by atomic mass is 10.1. The summed E-state index contributed by atoms with van der Waals surface area (Å²) in [7, 11) is 0. The number of carbonyl (C=O) groups excluding carboxylic acids is 4. The Morgan fingerprint density at radius 2 is 1.79 bits per heavy atom. The number of imide groups is 1. The van der Waals surface area contributed by atoms with Gasteiger partial charge >= 0.3 is 5.97 Å². The van der Waals surface area contributed by atoms with E-state index in [4.69, 9.17) is 4.74 Å². The van der Waals surface area contributed by atoms with Crippen LogP contribution in [0.4, 0.5) is 0 Å². The fourth-order valence-electron chi connectivity index (χ4n) is 2.71. The third-order valence-corrected chi connectivity index (χ3v) is 4.25. The summed E-state index contributed by atoms with van der Waals surface area (Å²) < 4.78 is 4.87. The number of esters is 1. The summed E-state index contributed by atoms with van der Waals surface area (Å²) >= 11 is 0. The van der Waals surface area contributed by atoms with Crippen LogP contribution in [0.25, 0.3) is 0 Å². The van der Waals surface area contributed by atoms with Crippen LogP contribution >= 0.6 is 0 Å². The Bertz CT molecular complexity index is 676. The van der Waals surface area contributed by atoms with Crippen LogP contribution in [0.3, 0.4) is 0 Å². The summed E-state index contributed by atoms with van der Waals surface area (Å²) in [6.45, 7) is 0.993. The first-order chi connectivity index (χ1) is 11.5. The molecule has 1 aliphatic heterocycles. The molecule has 1 N–H and O–H groups in total. The highest BCUT2D eigenvalue weighted by molar-refractivity contribution is 6.22. The van der Waals surface area contributed by atoms with Crippen LogP contribution in [0.2, 0.25) is 0 Å². The van der Waals surface area contributed by atoms with Crippen molar-refractivity contribution in [3.63, 3.8) is 0 Å². The van der Waals surface area contributed by atoms with E-state index >= 15 is 0 Å². The van der Waals surface area contributed by atoms with Gasteiger partial charge in [-0.1, -0.05) is 12.1 Å². The van der Waals surface area contributed by atoms with E-state index in [2.05, 4.69) is 5.32 Å². The maximum Gasteiger partial charge on any atom is 0.326 e. The first-order valence-electron chi connectivity index (χ1n) is 7.87. The van der Waals surface area contributed by atoms with Gasteiger partial charge in [0.2, 0.25) is 0 Å². The van der Waals surface area contributed by atoms with E-state index in [1.54, 1.807) is 12.1 Å². The van der Waals surface area contributed by atoms with Crippen molar-refractivity contribution in [2.75, 3.05) is 13.2 Å². The number of nitrogens with one attached hydrogen (secondary N) is 1. The molecule has 24 heavy (non-hydrogen) atoms. The van der Waals surface area contributed by atoms with Gasteiger partial charge in [-0.2, -0.15) is 0 Å². The number of rotatable bonds is 6. The molecule has 7 nitrogen and oxygen atoms in total. The molecular formula is C17H18N2O5.